The Morgan fingerprint density at radius 3 is 2.78 bits per heavy atom. The Morgan fingerprint density at radius 1 is 1.28 bits per heavy atom. The molecule has 0 amide bonds. The lowest BCUT2D eigenvalue weighted by molar-refractivity contribution is 0.110. The fraction of sp³-hybridized carbons (Fsp3) is 0.625. The van der Waals surface area contributed by atoms with Crippen molar-refractivity contribution in [2.75, 3.05) is 19.8 Å². The third kappa shape index (κ3) is 5.65. The van der Waals surface area contributed by atoms with E-state index in [-0.39, 0.29) is 0 Å². The smallest absolute Gasteiger partial charge is 0.104 e. The minimum atomic E-state index is 0.403. The lowest BCUT2D eigenvalue weighted by Crippen LogP contribution is -2.05. The molecule has 2 heteroatoms. The van der Waals surface area contributed by atoms with Crippen LogP contribution in [-0.4, -0.2) is 25.9 Å². The summed E-state index contributed by atoms with van der Waals surface area (Å²) in [5.41, 5.74) is 1.45. The van der Waals surface area contributed by atoms with Crippen molar-refractivity contribution in [2.24, 2.45) is 5.92 Å². The minimum absolute atomic E-state index is 0.403. The standard InChI is InChI=1S/C16H24O2/c1-14(6-5-11-17-12-16-13-18-16)9-10-15-7-3-2-4-8-15/h2-4,7-8,14,16H,5-6,9-13H2,1H3. The van der Waals surface area contributed by atoms with Gasteiger partial charge >= 0.3 is 0 Å². The molecule has 1 saturated heterocycles. The van der Waals surface area contributed by atoms with Crippen LogP contribution in [0.25, 0.3) is 0 Å². The van der Waals surface area contributed by atoms with Crippen molar-refractivity contribution in [2.45, 2.75) is 38.7 Å². The van der Waals surface area contributed by atoms with Gasteiger partial charge < -0.3 is 9.47 Å². The number of ether oxygens (including phenoxy) is 2. The van der Waals surface area contributed by atoms with Crippen molar-refractivity contribution in [1.82, 2.24) is 0 Å². The third-order valence-electron chi connectivity index (χ3n) is 3.46. The van der Waals surface area contributed by atoms with Crippen LogP contribution in [0.4, 0.5) is 0 Å². The zero-order valence-corrected chi connectivity index (χ0v) is 11.3. The molecule has 1 aliphatic rings. The van der Waals surface area contributed by atoms with E-state index in [4.69, 9.17) is 9.47 Å². The predicted octanol–water partition coefficient (Wildman–Crippen LogP) is 3.45. The van der Waals surface area contributed by atoms with Gasteiger partial charge in [0.15, 0.2) is 0 Å². The van der Waals surface area contributed by atoms with Gasteiger partial charge in [-0.2, -0.15) is 0 Å². The SMILES string of the molecule is CC(CCCOCC1CO1)CCc1ccccc1. The Bertz CT molecular complexity index is 319. The van der Waals surface area contributed by atoms with Gasteiger partial charge in [-0.05, 0) is 37.2 Å². The molecule has 1 aliphatic heterocycles. The Labute approximate surface area is 110 Å². The molecule has 2 atom stereocenters. The number of benzene rings is 1. The molecule has 18 heavy (non-hydrogen) atoms. The van der Waals surface area contributed by atoms with Gasteiger partial charge in [-0.1, -0.05) is 37.3 Å². The number of hydrogen-bond donors (Lipinski definition) is 0. The molecular weight excluding hydrogens is 224 g/mol. The topological polar surface area (TPSA) is 21.8 Å². The Kier molecular flexibility index (Phi) is 5.69. The Hall–Kier alpha value is -0.860. The maximum atomic E-state index is 5.55. The molecule has 2 nitrogen and oxygen atoms in total. The average molecular weight is 248 g/mol. The summed E-state index contributed by atoms with van der Waals surface area (Å²) >= 11 is 0. The molecule has 0 aliphatic carbocycles. The highest BCUT2D eigenvalue weighted by atomic mass is 16.6. The van der Waals surface area contributed by atoms with Crippen molar-refractivity contribution in [3.8, 4) is 0 Å². The van der Waals surface area contributed by atoms with Gasteiger partial charge in [0.2, 0.25) is 0 Å². The molecule has 2 unspecified atom stereocenters. The number of epoxide rings is 1. The lowest BCUT2D eigenvalue weighted by Gasteiger charge is -2.11. The molecule has 100 valence electrons. The van der Waals surface area contributed by atoms with Gasteiger partial charge in [0, 0.05) is 6.61 Å². The van der Waals surface area contributed by atoms with Crippen LogP contribution in [0.5, 0.6) is 0 Å². The van der Waals surface area contributed by atoms with Crippen LogP contribution in [0.3, 0.4) is 0 Å². The fourth-order valence-corrected chi connectivity index (χ4v) is 2.11. The molecule has 1 aromatic carbocycles. The van der Waals surface area contributed by atoms with Crippen molar-refractivity contribution < 1.29 is 9.47 Å². The first-order valence-electron chi connectivity index (χ1n) is 7.08. The van der Waals surface area contributed by atoms with E-state index in [9.17, 15) is 0 Å². The second-order valence-electron chi connectivity index (χ2n) is 5.30. The van der Waals surface area contributed by atoms with Gasteiger partial charge in [0.25, 0.3) is 0 Å². The van der Waals surface area contributed by atoms with Gasteiger partial charge in [-0.3, -0.25) is 0 Å². The normalized spacial score (nSPS) is 19.7. The largest absolute Gasteiger partial charge is 0.379 e. The summed E-state index contributed by atoms with van der Waals surface area (Å²) in [6, 6.07) is 10.7. The zero-order valence-electron chi connectivity index (χ0n) is 11.3. The van der Waals surface area contributed by atoms with Gasteiger partial charge in [-0.25, -0.2) is 0 Å². The van der Waals surface area contributed by atoms with E-state index in [1.165, 1.54) is 31.2 Å². The highest BCUT2D eigenvalue weighted by Crippen LogP contribution is 2.15. The van der Waals surface area contributed by atoms with E-state index in [1.54, 1.807) is 0 Å². The van der Waals surface area contributed by atoms with Gasteiger partial charge in [0.05, 0.1) is 13.2 Å². The molecule has 0 spiro atoms. The minimum Gasteiger partial charge on any atom is -0.379 e. The van der Waals surface area contributed by atoms with Crippen LogP contribution in [0.1, 0.15) is 31.7 Å². The van der Waals surface area contributed by atoms with Crippen molar-refractivity contribution in [3.63, 3.8) is 0 Å². The Balaban J connectivity index is 1.47. The van der Waals surface area contributed by atoms with Crippen molar-refractivity contribution in [3.05, 3.63) is 35.9 Å². The maximum absolute atomic E-state index is 5.55. The Morgan fingerprint density at radius 2 is 2.06 bits per heavy atom. The summed E-state index contributed by atoms with van der Waals surface area (Å²) in [5.74, 6) is 0.783. The van der Waals surface area contributed by atoms with E-state index >= 15 is 0 Å². The lowest BCUT2D eigenvalue weighted by atomic mass is 9.97. The van der Waals surface area contributed by atoms with Crippen LogP contribution in [0.2, 0.25) is 0 Å². The van der Waals surface area contributed by atoms with E-state index < -0.39 is 0 Å². The van der Waals surface area contributed by atoms with Crippen LogP contribution >= 0.6 is 0 Å². The van der Waals surface area contributed by atoms with E-state index in [0.717, 1.165) is 25.7 Å². The van der Waals surface area contributed by atoms with Gasteiger partial charge in [-0.15, -0.1) is 0 Å². The molecule has 0 N–H and O–H groups in total. The van der Waals surface area contributed by atoms with Crippen LogP contribution in [0.15, 0.2) is 30.3 Å². The first-order valence-corrected chi connectivity index (χ1v) is 7.08. The molecule has 1 fully saturated rings. The number of hydrogen-bond acceptors (Lipinski definition) is 2. The highest BCUT2D eigenvalue weighted by molar-refractivity contribution is 5.14. The summed E-state index contributed by atoms with van der Waals surface area (Å²) in [5, 5.41) is 0. The molecule has 2 rings (SSSR count). The van der Waals surface area contributed by atoms with E-state index in [0.29, 0.717) is 6.10 Å². The van der Waals surface area contributed by atoms with Crippen LogP contribution in [0, 0.1) is 5.92 Å². The molecular formula is C16H24O2. The monoisotopic (exact) mass is 248 g/mol. The second-order valence-corrected chi connectivity index (χ2v) is 5.30. The molecule has 0 bridgehead atoms. The summed E-state index contributed by atoms with van der Waals surface area (Å²) < 4.78 is 10.6. The second kappa shape index (κ2) is 7.55. The zero-order chi connectivity index (χ0) is 12.6. The summed E-state index contributed by atoms with van der Waals surface area (Å²) in [6.45, 7) is 4.91. The van der Waals surface area contributed by atoms with Gasteiger partial charge in [0.1, 0.15) is 6.10 Å². The first-order chi connectivity index (χ1) is 8.84. The average Bonchev–Trinajstić information content (AvgIpc) is 3.21. The molecule has 1 aromatic rings. The van der Waals surface area contributed by atoms with Crippen molar-refractivity contribution in [1.29, 1.82) is 0 Å². The first kappa shape index (κ1) is 13.6. The molecule has 0 aromatic heterocycles. The fourth-order valence-electron chi connectivity index (χ4n) is 2.11. The van der Waals surface area contributed by atoms with Crippen LogP contribution < -0.4 is 0 Å². The molecule has 0 saturated carbocycles. The third-order valence-corrected chi connectivity index (χ3v) is 3.46. The summed E-state index contributed by atoms with van der Waals surface area (Å²) in [6.07, 6.45) is 5.30. The number of rotatable bonds is 9. The van der Waals surface area contributed by atoms with Crippen molar-refractivity contribution >= 4 is 0 Å². The highest BCUT2D eigenvalue weighted by Gasteiger charge is 2.21. The summed E-state index contributed by atoms with van der Waals surface area (Å²) in [7, 11) is 0. The maximum Gasteiger partial charge on any atom is 0.104 e. The van der Waals surface area contributed by atoms with E-state index in [2.05, 4.69) is 37.3 Å². The predicted molar refractivity (Wildman–Crippen MR) is 73.7 cm³/mol. The molecule has 1 heterocycles. The number of aryl methyl sites for hydroxylation is 1. The summed E-state index contributed by atoms with van der Waals surface area (Å²) in [4.78, 5) is 0. The molecule has 0 radical (unpaired) electrons. The quantitative estimate of drug-likeness (QED) is 0.493. The van der Waals surface area contributed by atoms with E-state index in [1.807, 2.05) is 0 Å². The van der Waals surface area contributed by atoms with Crippen LogP contribution in [-0.2, 0) is 15.9 Å².